The van der Waals surface area contributed by atoms with Crippen LogP contribution in [0.4, 0.5) is 0 Å². The maximum absolute atomic E-state index is 9.41. The number of nitrogens with one attached hydrogen (secondary N) is 1. The van der Waals surface area contributed by atoms with E-state index in [0.29, 0.717) is 6.54 Å². The second-order valence-electron chi connectivity index (χ2n) is 4.67. The number of hydrogen-bond acceptors (Lipinski definition) is 6. The lowest BCUT2D eigenvalue weighted by Gasteiger charge is -2.12. The quantitative estimate of drug-likeness (QED) is 0.732. The molecule has 0 aliphatic carbocycles. The fraction of sp³-hybridized carbons (Fsp3) is 0.267. The number of furan rings is 2. The predicted octanol–water partition coefficient (Wildman–Crippen LogP) is 3.13. The van der Waals surface area contributed by atoms with Crippen LogP contribution in [0.2, 0.25) is 0 Å². The molecule has 0 amide bonds. The number of rotatable bonds is 6. The van der Waals surface area contributed by atoms with Crippen LogP contribution in [0.25, 0.3) is 10.8 Å². The highest BCUT2D eigenvalue weighted by Gasteiger charge is 2.14. The zero-order valence-electron chi connectivity index (χ0n) is 11.6. The summed E-state index contributed by atoms with van der Waals surface area (Å²) in [7, 11) is 0. The minimum absolute atomic E-state index is 0.0173. The van der Waals surface area contributed by atoms with E-state index in [2.05, 4.69) is 10.3 Å². The molecule has 3 aromatic rings. The first-order valence-corrected chi connectivity index (χ1v) is 7.47. The van der Waals surface area contributed by atoms with Crippen molar-refractivity contribution in [1.82, 2.24) is 10.3 Å². The maximum atomic E-state index is 9.41. The molecule has 0 spiro atoms. The molecule has 3 rings (SSSR count). The summed E-state index contributed by atoms with van der Waals surface area (Å²) >= 11 is 1.57. The Morgan fingerprint density at radius 1 is 1.38 bits per heavy atom. The van der Waals surface area contributed by atoms with Gasteiger partial charge in [0, 0.05) is 17.6 Å². The molecule has 0 saturated heterocycles. The molecule has 0 bridgehead atoms. The maximum Gasteiger partial charge on any atom is 0.162 e. The van der Waals surface area contributed by atoms with E-state index in [0.717, 1.165) is 27.2 Å². The SMILES string of the molecule is Cc1ccc(-c2ncc(CNC(CO)c3ccco3)s2)o1. The molecule has 6 heteroatoms. The number of aliphatic hydroxyl groups is 1. The summed E-state index contributed by atoms with van der Waals surface area (Å²) in [5.74, 6) is 2.38. The lowest BCUT2D eigenvalue weighted by Crippen LogP contribution is -2.23. The van der Waals surface area contributed by atoms with E-state index in [4.69, 9.17) is 8.83 Å². The zero-order valence-corrected chi connectivity index (χ0v) is 12.4. The summed E-state index contributed by atoms with van der Waals surface area (Å²) in [4.78, 5) is 5.44. The largest absolute Gasteiger partial charge is 0.468 e. The van der Waals surface area contributed by atoms with E-state index in [1.807, 2.05) is 37.4 Å². The minimum Gasteiger partial charge on any atom is -0.468 e. The fourth-order valence-electron chi connectivity index (χ4n) is 2.02. The van der Waals surface area contributed by atoms with Gasteiger partial charge in [0.25, 0.3) is 0 Å². The molecule has 110 valence electrons. The van der Waals surface area contributed by atoms with Crippen LogP contribution in [-0.4, -0.2) is 16.7 Å². The van der Waals surface area contributed by atoms with E-state index < -0.39 is 0 Å². The third-order valence-corrected chi connectivity index (χ3v) is 4.11. The molecular weight excluding hydrogens is 288 g/mol. The Bertz CT molecular complexity index is 687. The number of aryl methyl sites for hydroxylation is 1. The Morgan fingerprint density at radius 2 is 2.29 bits per heavy atom. The average Bonchev–Trinajstić information content (AvgIpc) is 3.19. The molecule has 3 heterocycles. The van der Waals surface area contributed by atoms with Gasteiger partial charge >= 0.3 is 0 Å². The van der Waals surface area contributed by atoms with Crippen LogP contribution in [0.3, 0.4) is 0 Å². The second-order valence-corrected chi connectivity index (χ2v) is 5.79. The van der Waals surface area contributed by atoms with Gasteiger partial charge in [-0.3, -0.25) is 0 Å². The van der Waals surface area contributed by atoms with Crippen molar-refractivity contribution in [2.75, 3.05) is 6.61 Å². The molecule has 0 fully saturated rings. The number of aliphatic hydroxyl groups excluding tert-OH is 1. The minimum atomic E-state index is -0.212. The van der Waals surface area contributed by atoms with Crippen molar-refractivity contribution in [2.45, 2.75) is 19.5 Å². The first kappa shape index (κ1) is 14.1. The van der Waals surface area contributed by atoms with Crippen LogP contribution < -0.4 is 5.32 Å². The van der Waals surface area contributed by atoms with Gasteiger partial charge < -0.3 is 19.3 Å². The van der Waals surface area contributed by atoms with Gasteiger partial charge in [0.1, 0.15) is 11.5 Å². The molecule has 21 heavy (non-hydrogen) atoms. The van der Waals surface area contributed by atoms with Gasteiger partial charge in [-0.05, 0) is 31.2 Å². The summed E-state index contributed by atoms with van der Waals surface area (Å²) in [5, 5.41) is 13.5. The third kappa shape index (κ3) is 3.24. The smallest absolute Gasteiger partial charge is 0.162 e. The summed E-state index contributed by atoms with van der Waals surface area (Å²) < 4.78 is 10.9. The number of nitrogens with zero attached hydrogens (tertiary/aromatic N) is 1. The van der Waals surface area contributed by atoms with Crippen molar-refractivity contribution >= 4 is 11.3 Å². The van der Waals surface area contributed by atoms with Crippen LogP contribution in [-0.2, 0) is 6.54 Å². The topological polar surface area (TPSA) is 71.4 Å². The van der Waals surface area contributed by atoms with E-state index in [1.54, 1.807) is 17.6 Å². The normalized spacial score (nSPS) is 12.7. The highest BCUT2D eigenvalue weighted by Crippen LogP contribution is 2.27. The molecule has 0 aliphatic rings. The predicted molar refractivity (Wildman–Crippen MR) is 79.9 cm³/mol. The molecule has 0 aromatic carbocycles. The van der Waals surface area contributed by atoms with Gasteiger partial charge in [0.15, 0.2) is 10.8 Å². The van der Waals surface area contributed by atoms with Crippen molar-refractivity contribution in [3.8, 4) is 10.8 Å². The molecule has 0 saturated carbocycles. The first-order chi connectivity index (χ1) is 10.3. The molecular formula is C15H16N2O3S. The number of aromatic nitrogens is 1. The van der Waals surface area contributed by atoms with Crippen molar-refractivity contribution in [3.05, 3.63) is 53.1 Å². The van der Waals surface area contributed by atoms with Crippen molar-refractivity contribution in [3.63, 3.8) is 0 Å². The van der Waals surface area contributed by atoms with E-state index in [9.17, 15) is 5.11 Å². The molecule has 5 nitrogen and oxygen atoms in total. The van der Waals surface area contributed by atoms with Gasteiger partial charge in [-0.25, -0.2) is 4.98 Å². The van der Waals surface area contributed by atoms with Crippen LogP contribution in [0, 0.1) is 6.92 Å². The van der Waals surface area contributed by atoms with Gasteiger partial charge in [-0.15, -0.1) is 11.3 Å². The highest BCUT2D eigenvalue weighted by molar-refractivity contribution is 7.14. The molecule has 0 aliphatic heterocycles. The lowest BCUT2D eigenvalue weighted by molar-refractivity contribution is 0.226. The molecule has 1 atom stereocenters. The summed E-state index contributed by atoms with van der Waals surface area (Å²) in [6, 6.07) is 7.29. The first-order valence-electron chi connectivity index (χ1n) is 6.65. The van der Waals surface area contributed by atoms with Crippen molar-refractivity contribution < 1.29 is 13.9 Å². The van der Waals surface area contributed by atoms with Gasteiger partial charge in [0.2, 0.25) is 0 Å². The molecule has 0 radical (unpaired) electrons. The Labute approximate surface area is 126 Å². The summed E-state index contributed by atoms with van der Waals surface area (Å²) in [6.07, 6.45) is 3.42. The Kier molecular flexibility index (Phi) is 4.19. The van der Waals surface area contributed by atoms with E-state index in [1.165, 1.54) is 0 Å². The van der Waals surface area contributed by atoms with Gasteiger partial charge in [0.05, 0.1) is 18.9 Å². The van der Waals surface area contributed by atoms with E-state index in [-0.39, 0.29) is 12.6 Å². The summed E-state index contributed by atoms with van der Waals surface area (Å²) in [5.41, 5.74) is 0. The van der Waals surface area contributed by atoms with Crippen molar-refractivity contribution in [1.29, 1.82) is 0 Å². The monoisotopic (exact) mass is 304 g/mol. The van der Waals surface area contributed by atoms with Crippen LogP contribution >= 0.6 is 11.3 Å². The molecule has 1 unspecified atom stereocenters. The van der Waals surface area contributed by atoms with Crippen LogP contribution in [0.5, 0.6) is 0 Å². The molecule has 3 aromatic heterocycles. The van der Waals surface area contributed by atoms with Crippen LogP contribution in [0.1, 0.15) is 22.4 Å². The zero-order chi connectivity index (χ0) is 14.7. The third-order valence-electron chi connectivity index (χ3n) is 3.10. The molecule has 2 N–H and O–H groups in total. The van der Waals surface area contributed by atoms with Crippen LogP contribution in [0.15, 0.2) is 45.6 Å². The summed E-state index contributed by atoms with van der Waals surface area (Å²) in [6.45, 7) is 2.51. The van der Waals surface area contributed by atoms with Crippen molar-refractivity contribution in [2.24, 2.45) is 0 Å². The average molecular weight is 304 g/mol. The second kappa shape index (κ2) is 6.26. The Balaban J connectivity index is 1.64. The Hall–Kier alpha value is -1.89. The standard InChI is InChI=1S/C15H16N2O3S/c1-10-4-5-14(20-10)15-17-8-11(21-15)7-16-12(9-18)13-3-2-6-19-13/h2-6,8,12,16,18H,7,9H2,1H3. The van der Waals surface area contributed by atoms with Gasteiger partial charge in [-0.1, -0.05) is 0 Å². The number of hydrogen-bond donors (Lipinski definition) is 2. The van der Waals surface area contributed by atoms with Gasteiger partial charge in [-0.2, -0.15) is 0 Å². The Morgan fingerprint density at radius 3 is 2.95 bits per heavy atom. The highest BCUT2D eigenvalue weighted by atomic mass is 32.1. The van der Waals surface area contributed by atoms with E-state index >= 15 is 0 Å². The number of thiazole rings is 1. The lowest BCUT2D eigenvalue weighted by atomic mass is 10.2. The fourth-order valence-corrected chi connectivity index (χ4v) is 2.85.